The largest absolute Gasteiger partial charge is 0.337 e. The fourth-order valence-corrected chi connectivity index (χ4v) is 3.29. The van der Waals surface area contributed by atoms with Crippen LogP contribution in [0.5, 0.6) is 0 Å². The number of hydrogen-bond donors (Lipinski definition) is 1. The first-order valence-electron chi connectivity index (χ1n) is 7.65. The molecule has 2 unspecified atom stereocenters. The number of nitrogens with zero attached hydrogens (tertiary/aromatic N) is 2. The van der Waals surface area contributed by atoms with E-state index in [9.17, 15) is 4.79 Å². The van der Waals surface area contributed by atoms with Gasteiger partial charge in [0.05, 0.1) is 6.54 Å². The van der Waals surface area contributed by atoms with E-state index in [4.69, 9.17) is 5.73 Å². The molecule has 0 aromatic heterocycles. The first kappa shape index (κ1) is 16.4. The minimum absolute atomic E-state index is 0.234. The molecule has 112 valence electrons. The summed E-state index contributed by atoms with van der Waals surface area (Å²) in [6.45, 7) is 11.7. The van der Waals surface area contributed by atoms with Gasteiger partial charge in [0, 0.05) is 30.7 Å². The Balaban J connectivity index is 2.72. The molecule has 0 aromatic carbocycles. The summed E-state index contributed by atoms with van der Waals surface area (Å²) in [7, 11) is 0. The lowest BCUT2D eigenvalue weighted by molar-refractivity contribution is -0.137. The molecule has 1 amide bonds. The molecule has 4 nitrogen and oxygen atoms in total. The van der Waals surface area contributed by atoms with Gasteiger partial charge in [0.1, 0.15) is 0 Å². The molecule has 1 saturated heterocycles. The van der Waals surface area contributed by atoms with E-state index < -0.39 is 0 Å². The van der Waals surface area contributed by atoms with E-state index in [0.29, 0.717) is 25.2 Å². The summed E-state index contributed by atoms with van der Waals surface area (Å²) in [5, 5.41) is 0. The second kappa shape index (κ2) is 7.25. The number of likely N-dealkylation sites (tertiary alicyclic amines) is 1. The van der Waals surface area contributed by atoms with Crippen LogP contribution in [-0.4, -0.2) is 53.0 Å². The van der Waals surface area contributed by atoms with E-state index >= 15 is 0 Å². The van der Waals surface area contributed by atoms with Crippen LogP contribution in [-0.2, 0) is 4.79 Å². The zero-order valence-electron chi connectivity index (χ0n) is 13.2. The zero-order chi connectivity index (χ0) is 14.6. The summed E-state index contributed by atoms with van der Waals surface area (Å²) >= 11 is 0. The third kappa shape index (κ3) is 4.18. The zero-order valence-corrected chi connectivity index (χ0v) is 13.2. The fraction of sp³-hybridized carbons (Fsp3) is 0.933. The first-order valence-corrected chi connectivity index (χ1v) is 7.65. The molecule has 1 fully saturated rings. The molecule has 0 aromatic rings. The van der Waals surface area contributed by atoms with Crippen LogP contribution in [0.2, 0.25) is 0 Å². The van der Waals surface area contributed by atoms with Gasteiger partial charge in [-0.3, -0.25) is 9.69 Å². The van der Waals surface area contributed by atoms with Gasteiger partial charge in [-0.25, -0.2) is 0 Å². The highest BCUT2D eigenvalue weighted by Crippen LogP contribution is 2.22. The summed E-state index contributed by atoms with van der Waals surface area (Å²) in [5.74, 6) is 0.234. The Hall–Kier alpha value is -0.610. The highest BCUT2D eigenvalue weighted by atomic mass is 16.2. The van der Waals surface area contributed by atoms with Crippen LogP contribution in [0.15, 0.2) is 0 Å². The van der Waals surface area contributed by atoms with Crippen molar-refractivity contribution in [2.45, 2.75) is 78.0 Å². The minimum atomic E-state index is 0.234. The predicted molar refractivity (Wildman–Crippen MR) is 80.0 cm³/mol. The van der Waals surface area contributed by atoms with Crippen molar-refractivity contribution >= 4 is 5.91 Å². The maximum atomic E-state index is 12.5. The number of hydrogen-bond acceptors (Lipinski definition) is 3. The van der Waals surface area contributed by atoms with Crippen LogP contribution in [0.3, 0.4) is 0 Å². The maximum Gasteiger partial charge on any atom is 0.237 e. The Kier molecular flexibility index (Phi) is 6.27. The van der Waals surface area contributed by atoms with E-state index in [1.165, 1.54) is 12.8 Å². The summed E-state index contributed by atoms with van der Waals surface area (Å²) < 4.78 is 0. The molecule has 1 aliphatic heterocycles. The number of piperidine rings is 1. The minimum Gasteiger partial charge on any atom is -0.337 e. The first-order chi connectivity index (χ1) is 8.88. The van der Waals surface area contributed by atoms with E-state index in [2.05, 4.69) is 39.5 Å². The summed E-state index contributed by atoms with van der Waals surface area (Å²) in [6.07, 6.45) is 3.52. The van der Waals surface area contributed by atoms with Gasteiger partial charge in [0.15, 0.2) is 0 Å². The molecule has 19 heavy (non-hydrogen) atoms. The maximum absolute atomic E-state index is 12.5. The lowest BCUT2D eigenvalue weighted by atomic mass is 9.96. The van der Waals surface area contributed by atoms with Gasteiger partial charge in [0.2, 0.25) is 5.91 Å². The number of rotatable bonds is 5. The monoisotopic (exact) mass is 269 g/mol. The summed E-state index contributed by atoms with van der Waals surface area (Å²) in [6, 6.07) is 1.34. The number of nitrogens with two attached hydrogens (primary N) is 1. The van der Waals surface area contributed by atoms with Gasteiger partial charge < -0.3 is 10.6 Å². The highest BCUT2D eigenvalue weighted by molar-refractivity contribution is 5.79. The van der Waals surface area contributed by atoms with Gasteiger partial charge in [-0.2, -0.15) is 0 Å². The highest BCUT2D eigenvalue weighted by Gasteiger charge is 2.30. The van der Waals surface area contributed by atoms with Crippen LogP contribution in [0.1, 0.15) is 53.9 Å². The predicted octanol–water partition coefficient (Wildman–Crippen LogP) is 1.83. The second-order valence-corrected chi connectivity index (χ2v) is 6.33. The van der Waals surface area contributed by atoms with Crippen molar-refractivity contribution in [1.29, 1.82) is 0 Å². The Labute approximate surface area is 118 Å². The van der Waals surface area contributed by atoms with Crippen LogP contribution in [0.4, 0.5) is 0 Å². The lowest BCUT2D eigenvalue weighted by Gasteiger charge is -2.41. The van der Waals surface area contributed by atoms with Crippen molar-refractivity contribution in [3.63, 3.8) is 0 Å². The Morgan fingerprint density at radius 3 is 2.32 bits per heavy atom. The molecular formula is C15H31N3O. The molecule has 2 N–H and O–H groups in total. The molecule has 0 bridgehead atoms. The Morgan fingerprint density at radius 1 is 1.26 bits per heavy atom. The van der Waals surface area contributed by atoms with Gasteiger partial charge in [-0.05, 0) is 47.5 Å². The van der Waals surface area contributed by atoms with Crippen molar-refractivity contribution in [1.82, 2.24) is 9.80 Å². The molecule has 4 heteroatoms. The molecule has 0 radical (unpaired) electrons. The lowest BCUT2D eigenvalue weighted by Crippen LogP contribution is -2.54. The SMILES string of the molecule is CC1CCCC(CN)N1CC(=O)N(C(C)C)C(C)C. The molecule has 0 spiro atoms. The van der Waals surface area contributed by atoms with Crippen molar-refractivity contribution < 1.29 is 4.79 Å². The summed E-state index contributed by atoms with van der Waals surface area (Å²) in [4.78, 5) is 16.8. The van der Waals surface area contributed by atoms with Gasteiger partial charge in [0.25, 0.3) is 0 Å². The van der Waals surface area contributed by atoms with Crippen molar-refractivity contribution in [2.24, 2.45) is 5.73 Å². The molecule has 1 aliphatic rings. The van der Waals surface area contributed by atoms with E-state index in [0.717, 1.165) is 6.42 Å². The topological polar surface area (TPSA) is 49.6 Å². The number of carbonyl (C=O) groups excluding carboxylic acids is 1. The summed E-state index contributed by atoms with van der Waals surface area (Å²) in [5.41, 5.74) is 5.86. The third-order valence-electron chi connectivity index (χ3n) is 4.18. The second-order valence-electron chi connectivity index (χ2n) is 6.33. The smallest absolute Gasteiger partial charge is 0.237 e. The van der Waals surface area contributed by atoms with Crippen LogP contribution >= 0.6 is 0 Å². The van der Waals surface area contributed by atoms with Crippen molar-refractivity contribution in [3.05, 3.63) is 0 Å². The fourth-order valence-electron chi connectivity index (χ4n) is 3.29. The molecule has 2 atom stereocenters. The van der Waals surface area contributed by atoms with Crippen LogP contribution in [0, 0.1) is 0 Å². The molecule has 0 saturated carbocycles. The molecule has 0 aliphatic carbocycles. The normalized spacial score (nSPS) is 25.1. The Morgan fingerprint density at radius 2 is 1.84 bits per heavy atom. The quantitative estimate of drug-likeness (QED) is 0.828. The molecular weight excluding hydrogens is 238 g/mol. The average Bonchev–Trinajstić information content (AvgIpc) is 2.30. The van der Waals surface area contributed by atoms with Gasteiger partial charge >= 0.3 is 0 Å². The van der Waals surface area contributed by atoms with Gasteiger partial charge in [-0.1, -0.05) is 6.42 Å². The number of carbonyl (C=O) groups is 1. The van der Waals surface area contributed by atoms with E-state index in [-0.39, 0.29) is 18.0 Å². The number of amides is 1. The van der Waals surface area contributed by atoms with Crippen LogP contribution in [0.25, 0.3) is 0 Å². The molecule has 1 heterocycles. The van der Waals surface area contributed by atoms with Crippen molar-refractivity contribution in [2.75, 3.05) is 13.1 Å². The average molecular weight is 269 g/mol. The van der Waals surface area contributed by atoms with Gasteiger partial charge in [-0.15, -0.1) is 0 Å². The van der Waals surface area contributed by atoms with E-state index in [1.807, 2.05) is 4.90 Å². The Bertz CT molecular complexity index is 283. The standard InChI is InChI=1S/C15H31N3O/c1-11(2)18(12(3)4)15(19)10-17-13(5)7-6-8-14(17)9-16/h11-14H,6-10,16H2,1-5H3. The van der Waals surface area contributed by atoms with E-state index in [1.54, 1.807) is 0 Å². The molecule has 1 rings (SSSR count). The third-order valence-corrected chi connectivity index (χ3v) is 4.18. The van der Waals surface area contributed by atoms with Crippen molar-refractivity contribution in [3.8, 4) is 0 Å². The van der Waals surface area contributed by atoms with Crippen LogP contribution < -0.4 is 5.73 Å².